The third-order valence-corrected chi connectivity index (χ3v) is 4.86. The zero-order valence-electron chi connectivity index (χ0n) is 13.3. The van der Waals surface area contributed by atoms with Crippen LogP contribution in [0.3, 0.4) is 0 Å². The molecule has 0 bridgehead atoms. The fraction of sp³-hybridized carbons (Fsp3) is 0.333. The van der Waals surface area contributed by atoms with E-state index in [2.05, 4.69) is 26.0 Å². The highest BCUT2D eigenvalue weighted by molar-refractivity contribution is 7.98. The molecule has 0 aliphatic heterocycles. The maximum atomic E-state index is 10.4. The summed E-state index contributed by atoms with van der Waals surface area (Å²) in [5.41, 5.74) is 2.08. The molecule has 0 unspecified atom stereocenters. The van der Waals surface area contributed by atoms with Crippen molar-refractivity contribution < 1.29 is 4.92 Å². The lowest BCUT2D eigenvalue weighted by Gasteiger charge is -2.07. The van der Waals surface area contributed by atoms with Crippen molar-refractivity contribution >= 4 is 23.1 Å². The molecular formula is C15H19N5O2S2. The van der Waals surface area contributed by atoms with Gasteiger partial charge < -0.3 is 10.6 Å². The molecular weight excluding hydrogens is 346 g/mol. The number of hydrogen-bond donors (Lipinski definition) is 2. The van der Waals surface area contributed by atoms with Gasteiger partial charge in [-0.25, -0.2) is 4.98 Å². The Morgan fingerprint density at radius 1 is 1.46 bits per heavy atom. The summed E-state index contributed by atoms with van der Waals surface area (Å²) in [5, 5.41) is 19.3. The molecule has 2 rings (SSSR count). The van der Waals surface area contributed by atoms with Crippen LogP contribution in [0, 0.1) is 10.1 Å². The maximum absolute atomic E-state index is 10.4. The average molecular weight is 365 g/mol. The van der Waals surface area contributed by atoms with Gasteiger partial charge in [-0.3, -0.25) is 15.1 Å². The summed E-state index contributed by atoms with van der Waals surface area (Å²) in [6.07, 6.45) is 3.48. The Bertz CT molecular complexity index is 676. The lowest BCUT2D eigenvalue weighted by atomic mass is 10.3. The molecule has 2 N–H and O–H groups in total. The second-order valence-corrected chi connectivity index (χ2v) is 6.84. The Labute approximate surface area is 148 Å². The minimum absolute atomic E-state index is 0.409. The summed E-state index contributed by atoms with van der Waals surface area (Å²) in [6.45, 7) is 0.649. The first-order valence-corrected chi connectivity index (χ1v) is 9.38. The summed E-state index contributed by atoms with van der Waals surface area (Å²) in [7, 11) is 1.65. The first kappa shape index (κ1) is 18.2. The molecule has 0 radical (unpaired) electrons. The number of hydrogen-bond acceptors (Lipinski definition) is 8. The summed E-state index contributed by atoms with van der Waals surface area (Å²) >= 11 is 3.39. The fourth-order valence-corrected chi connectivity index (χ4v) is 3.56. The molecule has 0 aliphatic rings. The van der Waals surface area contributed by atoms with Crippen LogP contribution in [0.2, 0.25) is 0 Å². The summed E-state index contributed by atoms with van der Waals surface area (Å²) in [6, 6.07) is 5.88. The Hall–Kier alpha value is -2.13. The molecule has 0 spiro atoms. The summed E-state index contributed by atoms with van der Waals surface area (Å²) in [5.74, 6) is 2.07. The predicted molar refractivity (Wildman–Crippen MR) is 97.5 cm³/mol. The van der Waals surface area contributed by atoms with E-state index in [4.69, 9.17) is 0 Å². The van der Waals surface area contributed by atoms with Gasteiger partial charge in [0, 0.05) is 48.8 Å². The quantitative estimate of drug-likeness (QED) is 0.379. The monoisotopic (exact) mass is 365 g/mol. The zero-order chi connectivity index (χ0) is 17.2. The van der Waals surface area contributed by atoms with Gasteiger partial charge in [-0.2, -0.15) is 11.8 Å². The number of nitro groups is 1. The van der Waals surface area contributed by atoms with Crippen molar-refractivity contribution in [2.45, 2.75) is 12.2 Å². The van der Waals surface area contributed by atoms with Crippen LogP contribution in [0.25, 0.3) is 0 Å². The highest BCUT2D eigenvalue weighted by atomic mass is 32.2. The Kier molecular flexibility index (Phi) is 7.50. The lowest BCUT2D eigenvalue weighted by molar-refractivity contribution is -0.404. The molecule has 128 valence electrons. The Morgan fingerprint density at radius 3 is 3.04 bits per heavy atom. The number of nitrogens with one attached hydrogen (secondary N) is 2. The normalized spacial score (nSPS) is 11.3. The van der Waals surface area contributed by atoms with Gasteiger partial charge in [0.25, 0.3) is 6.20 Å². The van der Waals surface area contributed by atoms with Gasteiger partial charge in [0.05, 0.1) is 15.6 Å². The van der Waals surface area contributed by atoms with Crippen molar-refractivity contribution in [3.63, 3.8) is 0 Å². The first-order valence-electron chi connectivity index (χ1n) is 7.35. The SMILES string of the molecule is CNC(=C[N+](=O)[O-])NCCSCc1csc(Cc2ccccn2)n1. The molecule has 0 aliphatic carbocycles. The smallest absolute Gasteiger partial charge is 0.274 e. The number of thiazole rings is 1. The van der Waals surface area contributed by atoms with Crippen molar-refractivity contribution in [3.05, 3.63) is 68.3 Å². The highest BCUT2D eigenvalue weighted by Gasteiger charge is 2.05. The largest absolute Gasteiger partial charge is 0.370 e. The van der Waals surface area contributed by atoms with Gasteiger partial charge in [0.1, 0.15) is 0 Å². The highest BCUT2D eigenvalue weighted by Crippen LogP contribution is 2.17. The van der Waals surface area contributed by atoms with Crippen LogP contribution in [0.15, 0.2) is 41.8 Å². The molecule has 7 nitrogen and oxygen atoms in total. The second kappa shape index (κ2) is 9.89. The van der Waals surface area contributed by atoms with Crippen LogP contribution in [0.1, 0.15) is 16.4 Å². The topological polar surface area (TPSA) is 93.0 Å². The van der Waals surface area contributed by atoms with Crippen LogP contribution < -0.4 is 10.6 Å². The molecule has 2 aromatic rings. The molecule has 0 saturated heterocycles. The van der Waals surface area contributed by atoms with Crippen molar-refractivity contribution in [2.24, 2.45) is 0 Å². The minimum Gasteiger partial charge on any atom is -0.370 e. The van der Waals surface area contributed by atoms with Crippen molar-refractivity contribution in [2.75, 3.05) is 19.3 Å². The van der Waals surface area contributed by atoms with Crippen LogP contribution >= 0.6 is 23.1 Å². The van der Waals surface area contributed by atoms with E-state index >= 15 is 0 Å². The molecule has 2 aromatic heterocycles. The van der Waals surface area contributed by atoms with Crippen molar-refractivity contribution in [1.29, 1.82) is 0 Å². The van der Waals surface area contributed by atoms with E-state index in [1.54, 1.807) is 36.3 Å². The van der Waals surface area contributed by atoms with Gasteiger partial charge in [-0.05, 0) is 12.1 Å². The van der Waals surface area contributed by atoms with E-state index in [-0.39, 0.29) is 0 Å². The molecule has 0 aromatic carbocycles. The van der Waals surface area contributed by atoms with E-state index in [1.807, 2.05) is 18.2 Å². The first-order chi connectivity index (χ1) is 11.7. The van der Waals surface area contributed by atoms with Gasteiger partial charge in [0.2, 0.25) is 0 Å². The van der Waals surface area contributed by atoms with Gasteiger partial charge in [-0.15, -0.1) is 11.3 Å². The molecule has 2 heterocycles. The zero-order valence-corrected chi connectivity index (χ0v) is 14.9. The van der Waals surface area contributed by atoms with Crippen LogP contribution in [0.5, 0.6) is 0 Å². The van der Waals surface area contributed by atoms with Crippen molar-refractivity contribution in [1.82, 2.24) is 20.6 Å². The maximum Gasteiger partial charge on any atom is 0.274 e. The fourth-order valence-electron chi connectivity index (χ4n) is 1.89. The van der Waals surface area contributed by atoms with E-state index < -0.39 is 4.92 Å². The molecule has 0 amide bonds. The summed E-state index contributed by atoms with van der Waals surface area (Å²) < 4.78 is 0. The Balaban J connectivity index is 1.69. The van der Waals surface area contributed by atoms with Gasteiger partial charge >= 0.3 is 0 Å². The average Bonchev–Trinajstić information content (AvgIpc) is 3.01. The second-order valence-electron chi connectivity index (χ2n) is 4.79. The third kappa shape index (κ3) is 6.55. The van der Waals surface area contributed by atoms with E-state index in [9.17, 15) is 10.1 Å². The number of nitrogens with zero attached hydrogens (tertiary/aromatic N) is 3. The van der Waals surface area contributed by atoms with E-state index in [0.717, 1.165) is 40.5 Å². The minimum atomic E-state index is -0.482. The number of thioether (sulfide) groups is 1. The van der Waals surface area contributed by atoms with E-state index in [1.165, 1.54) is 0 Å². The van der Waals surface area contributed by atoms with Crippen LogP contribution in [0.4, 0.5) is 0 Å². The molecule has 0 fully saturated rings. The van der Waals surface area contributed by atoms with Crippen LogP contribution in [-0.2, 0) is 12.2 Å². The van der Waals surface area contributed by atoms with Crippen molar-refractivity contribution in [3.8, 4) is 0 Å². The number of rotatable bonds is 10. The molecule has 24 heavy (non-hydrogen) atoms. The number of aromatic nitrogens is 2. The lowest BCUT2D eigenvalue weighted by Crippen LogP contribution is -2.26. The summed E-state index contributed by atoms with van der Waals surface area (Å²) in [4.78, 5) is 18.9. The third-order valence-electron chi connectivity index (χ3n) is 2.97. The molecule has 0 atom stereocenters. The van der Waals surface area contributed by atoms with Crippen LogP contribution in [-0.4, -0.2) is 34.2 Å². The van der Waals surface area contributed by atoms with Gasteiger partial charge in [-0.1, -0.05) is 6.07 Å². The molecule has 9 heteroatoms. The Morgan fingerprint density at radius 2 is 2.33 bits per heavy atom. The number of pyridine rings is 1. The standard InChI is InChI=1S/C15H19N5O2S2/c1-16-14(9-20(21)22)18-6-7-23-10-13-11-24-15(19-13)8-12-4-2-3-5-17-12/h2-5,9,11,16,18H,6-8,10H2,1H3. The van der Waals surface area contributed by atoms with Gasteiger partial charge in [0.15, 0.2) is 5.82 Å². The predicted octanol–water partition coefficient (Wildman–Crippen LogP) is 2.25. The van der Waals surface area contributed by atoms with E-state index in [0.29, 0.717) is 12.4 Å². The molecule has 0 saturated carbocycles.